The van der Waals surface area contributed by atoms with Gasteiger partial charge in [-0.25, -0.2) is 14.0 Å². The highest BCUT2D eigenvalue weighted by molar-refractivity contribution is 5.95. The lowest BCUT2D eigenvalue weighted by molar-refractivity contribution is -0.140. The maximum atomic E-state index is 13.2. The van der Waals surface area contributed by atoms with Crippen molar-refractivity contribution in [2.24, 2.45) is 0 Å². The SMILES string of the molecule is COc1ccc(COC(=O)C2=C(C)NC(=O)N[C@@H]2c2ccc(F)cc2)cc1. The van der Waals surface area contributed by atoms with Crippen molar-refractivity contribution < 1.29 is 23.5 Å². The van der Waals surface area contributed by atoms with Gasteiger partial charge in [0.25, 0.3) is 0 Å². The summed E-state index contributed by atoms with van der Waals surface area (Å²) in [5, 5.41) is 5.25. The molecule has 0 aliphatic carbocycles. The lowest BCUT2D eigenvalue weighted by Gasteiger charge is -2.28. The van der Waals surface area contributed by atoms with E-state index in [2.05, 4.69) is 10.6 Å². The van der Waals surface area contributed by atoms with Gasteiger partial charge in [0.2, 0.25) is 0 Å². The van der Waals surface area contributed by atoms with Crippen LogP contribution in [0.5, 0.6) is 5.75 Å². The number of allylic oxidation sites excluding steroid dienone is 1. The maximum Gasteiger partial charge on any atom is 0.338 e. The van der Waals surface area contributed by atoms with Crippen LogP contribution in [0.3, 0.4) is 0 Å². The molecule has 1 heterocycles. The molecule has 140 valence electrons. The number of amides is 2. The summed E-state index contributed by atoms with van der Waals surface area (Å²) in [6.07, 6.45) is 0. The Balaban J connectivity index is 1.79. The normalized spacial score (nSPS) is 16.4. The molecule has 0 spiro atoms. The Morgan fingerprint density at radius 1 is 1.11 bits per heavy atom. The van der Waals surface area contributed by atoms with Crippen LogP contribution in [0.1, 0.15) is 24.1 Å². The number of hydrogen-bond acceptors (Lipinski definition) is 4. The van der Waals surface area contributed by atoms with Crippen molar-refractivity contribution in [3.63, 3.8) is 0 Å². The molecule has 7 heteroatoms. The van der Waals surface area contributed by atoms with Crippen molar-refractivity contribution in [1.29, 1.82) is 0 Å². The van der Waals surface area contributed by atoms with Crippen LogP contribution in [0.2, 0.25) is 0 Å². The molecule has 1 aliphatic rings. The van der Waals surface area contributed by atoms with Crippen LogP contribution in [0.25, 0.3) is 0 Å². The molecule has 2 aromatic rings. The Morgan fingerprint density at radius 2 is 1.78 bits per heavy atom. The first kappa shape index (κ1) is 18.4. The number of carbonyl (C=O) groups excluding carboxylic acids is 2. The summed E-state index contributed by atoms with van der Waals surface area (Å²) in [7, 11) is 1.57. The fraction of sp³-hybridized carbons (Fsp3) is 0.200. The summed E-state index contributed by atoms with van der Waals surface area (Å²) < 4.78 is 23.7. The Kier molecular flexibility index (Phi) is 5.40. The number of rotatable bonds is 5. The molecule has 2 N–H and O–H groups in total. The second-order valence-electron chi connectivity index (χ2n) is 6.05. The van der Waals surface area contributed by atoms with Crippen molar-refractivity contribution >= 4 is 12.0 Å². The Bertz CT molecular complexity index is 876. The Morgan fingerprint density at radius 3 is 2.41 bits per heavy atom. The summed E-state index contributed by atoms with van der Waals surface area (Å²) in [6.45, 7) is 1.70. The van der Waals surface area contributed by atoms with Gasteiger partial charge < -0.3 is 20.1 Å². The zero-order valence-electron chi connectivity index (χ0n) is 14.9. The minimum Gasteiger partial charge on any atom is -0.497 e. The van der Waals surface area contributed by atoms with E-state index in [0.717, 1.165) is 5.56 Å². The van der Waals surface area contributed by atoms with Crippen molar-refractivity contribution in [3.8, 4) is 5.75 Å². The number of carbonyl (C=O) groups is 2. The van der Waals surface area contributed by atoms with Crippen LogP contribution in [0.4, 0.5) is 9.18 Å². The monoisotopic (exact) mass is 370 g/mol. The third-order valence-electron chi connectivity index (χ3n) is 4.22. The molecule has 0 saturated carbocycles. The average molecular weight is 370 g/mol. The fourth-order valence-electron chi connectivity index (χ4n) is 2.82. The molecule has 2 amide bonds. The summed E-state index contributed by atoms with van der Waals surface area (Å²) >= 11 is 0. The van der Waals surface area contributed by atoms with Gasteiger partial charge in [0.05, 0.1) is 18.7 Å². The topological polar surface area (TPSA) is 76.7 Å². The molecule has 0 aromatic heterocycles. The molecule has 0 radical (unpaired) electrons. The molecule has 2 aromatic carbocycles. The van der Waals surface area contributed by atoms with Crippen LogP contribution in [0.15, 0.2) is 59.8 Å². The molecular formula is C20H19FN2O4. The molecular weight excluding hydrogens is 351 g/mol. The highest BCUT2D eigenvalue weighted by Crippen LogP contribution is 2.28. The van der Waals surface area contributed by atoms with Crippen LogP contribution in [-0.2, 0) is 16.1 Å². The lowest BCUT2D eigenvalue weighted by Crippen LogP contribution is -2.45. The van der Waals surface area contributed by atoms with Gasteiger partial charge >= 0.3 is 12.0 Å². The summed E-state index contributed by atoms with van der Waals surface area (Å²) in [4.78, 5) is 24.5. The van der Waals surface area contributed by atoms with Crippen molar-refractivity contribution in [3.05, 3.63) is 76.7 Å². The fourth-order valence-corrected chi connectivity index (χ4v) is 2.82. The number of halogens is 1. The van der Waals surface area contributed by atoms with E-state index in [9.17, 15) is 14.0 Å². The Labute approximate surface area is 156 Å². The van der Waals surface area contributed by atoms with E-state index in [1.165, 1.54) is 24.3 Å². The molecule has 0 fully saturated rings. The number of nitrogens with one attached hydrogen (secondary N) is 2. The molecule has 3 rings (SSSR count). The third kappa shape index (κ3) is 4.25. The standard InChI is InChI=1S/C20H19FN2O4/c1-12-17(19(24)27-11-13-3-9-16(26-2)10-4-13)18(23-20(25)22-12)14-5-7-15(21)8-6-14/h3-10,18H,11H2,1-2H3,(H2,22,23,25)/t18-/m1/s1. The second kappa shape index (κ2) is 7.90. The largest absolute Gasteiger partial charge is 0.497 e. The van der Waals surface area contributed by atoms with Crippen LogP contribution < -0.4 is 15.4 Å². The predicted octanol–water partition coefficient (Wildman–Crippen LogP) is 3.21. The number of hydrogen-bond donors (Lipinski definition) is 2. The third-order valence-corrected chi connectivity index (χ3v) is 4.22. The highest BCUT2D eigenvalue weighted by Gasteiger charge is 2.32. The number of urea groups is 1. The summed E-state index contributed by atoms with van der Waals surface area (Å²) in [6, 6.07) is 11.6. The maximum absolute atomic E-state index is 13.2. The molecule has 0 saturated heterocycles. The average Bonchev–Trinajstić information content (AvgIpc) is 2.66. The molecule has 1 aliphatic heterocycles. The smallest absolute Gasteiger partial charge is 0.338 e. The predicted molar refractivity (Wildman–Crippen MR) is 96.3 cm³/mol. The highest BCUT2D eigenvalue weighted by atomic mass is 19.1. The lowest BCUT2D eigenvalue weighted by atomic mass is 9.95. The number of esters is 1. The van der Waals surface area contributed by atoms with E-state index in [4.69, 9.17) is 9.47 Å². The van der Waals surface area contributed by atoms with Gasteiger partial charge in [-0.2, -0.15) is 0 Å². The number of ether oxygens (including phenoxy) is 2. The van der Waals surface area contributed by atoms with Crippen molar-refractivity contribution in [2.75, 3.05) is 7.11 Å². The van der Waals surface area contributed by atoms with E-state index in [1.807, 2.05) is 0 Å². The van der Waals surface area contributed by atoms with Gasteiger partial charge in [-0.3, -0.25) is 0 Å². The molecule has 1 atom stereocenters. The van der Waals surface area contributed by atoms with Crippen molar-refractivity contribution in [1.82, 2.24) is 10.6 Å². The Hall–Kier alpha value is -3.35. The zero-order chi connectivity index (χ0) is 19.4. The summed E-state index contributed by atoms with van der Waals surface area (Å²) in [5.74, 6) is -0.257. The first-order valence-corrected chi connectivity index (χ1v) is 8.31. The summed E-state index contributed by atoms with van der Waals surface area (Å²) in [5.41, 5.74) is 2.05. The van der Waals surface area contributed by atoms with E-state index in [1.54, 1.807) is 38.3 Å². The minimum atomic E-state index is -0.720. The van der Waals surface area contributed by atoms with Gasteiger partial charge in [-0.15, -0.1) is 0 Å². The molecule has 0 unspecified atom stereocenters. The molecule has 27 heavy (non-hydrogen) atoms. The number of benzene rings is 2. The van der Waals surface area contributed by atoms with Crippen LogP contribution in [0, 0.1) is 5.82 Å². The van der Waals surface area contributed by atoms with E-state index in [-0.39, 0.29) is 12.2 Å². The molecule has 0 bridgehead atoms. The zero-order valence-corrected chi connectivity index (χ0v) is 14.9. The van der Waals surface area contributed by atoms with Crippen molar-refractivity contribution in [2.45, 2.75) is 19.6 Å². The van der Waals surface area contributed by atoms with Gasteiger partial charge in [0.15, 0.2) is 0 Å². The first-order valence-electron chi connectivity index (χ1n) is 8.31. The van der Waals surface area contributed by atoms with Crippen LogP contribution in [-0.4, -0.2) is 19.1 Å². The van der Waals surface area contributed by atoms with Gasteiger partial charge in [-0.1, -0.05) is 24.3 Å². The molecule has 6 nitrogen and oxygen atoms in total. The van der Waals surface area contributed by atoms with E-state index < -0.39 is 23.9 Å². The minimum absolute atomic E-state index is 0.0731. The van der Waals surface area contributed by atoms with Gasteiger partial charge in [-0.05, 0) is 42.3 Å². The van der Waals surface area contributed by atoms with Gasteiger partial charge in [0, 0.05) is 5.70 Å². The van der Waals surface area contributed by atoms with Crippen LogP contribution >= 0.6 is 0 Å². The van der Waals surface area contributed by atoms with E-state index >= 15 is 0 Å². The second-order valence-corrected chi connectivity index (χ2v) is 6.05. The van der Waals surface area contributed by atoms with Gasteiger partial charge in [0.1, 0.15) is 18.2 Å². The number of methoxy groups -OCH3 is 1. The van der Waals surface area contributed by atoms with E-state index in [0.29, 0.717) is 17.0 Å². The first-order chi connectivity index (χ1) is 13.0. The quantitative estimate of drug-likeness (QED) is 0.793.